The first-order valence-electron chi connectivity index (χ1n) is 6.85. The molecule has 0 N–H and O–H groups in total. The van der Waals surface area contributed by atoms with Gasteiger partial charge in [0.15, 0.2) is 0 Å². The van der Waals surface area contributed by atoms with E-state index in [0.717, 1.165) is 11.1 Å². The van der Waals surface area contributed by atoms with Gasteiger partial charge in [-0.15, -0.1) is 0 Å². The Kier molecular flexibility index (Phi) is 8.99. The molecule has 2 aromatic carbocycles. The molecule has 25 heavy (non-hydrogen) atoms. The van der Waals surface area contributed by atoms with Gasteiger partial charge in [-0.1, -0.05) is 101 Å². The van der Waals surface area contributed by atoms with Crippen LogP contribution in [0.1, 0.15) is 20.8 Å². The first kappa shape index (κ1) is 22.4. The van der Waals surface area contributed by atoms with Crippen LogP contribution in [-0.4, -0.2) is 13.2 Å². The van der Waals surface area contributed by atoms with Crippen molar-refractivity contribution in [3.63, 3.8) is 0 Å². The molecule has 0 aromatic heterocycles. The number of rotatable bonds is 6. The number of hydrogen-bond acceptors (Lipinski definition) is 1. The lowest BCUT2D eigenvalue weighted by Crippen LogP contribution is -2.08. The molecule has 0 spiro atoms. The highest BCUT2D eigenvalue weighted by Crippen LogP contribution is 2.40. The van der Waals surface area contributed by atoms with E-state index in [1.54, 1.807) is 24.3 Å². The zero-order valence-electron chi connectivity index (χ0n) is 12.3. The summed E-state index contributed by atoms with van der Waals surface area (Å²) < 4.78 is 5.75. The van der Waals surface area contributed by atoms with E-state index in [4.69, 9.17) is 74.3 Å². The minimum Gasteiger partial charge on any atom is -0.378 e. The Balaban J connectivity index is 2.01. The summed E-state index contributed by atoms with van der Waals surface area (Å²) in [4.78, 5) is -0.388. The molecule has 2 atom stereocenters. The van der Waals surface area contributed by atoms with Crippen LogP contribution in [0.5, 0.6) is 0 Å². The lowest BCUT2D eigenvalue weighted by Gasteiger charge is -2.18. The fraction of sp³-hybridized carbons (Fsp3) is 0.250. The lowest BCUT2D eigenvalue weighted by atomic mass is 10.1. The van der Waals surface area contributed by atoms with Crippen LogP contribution in [-0.2, 0) is 4.74 Å². The second-order valence-corrected chi connectivity index (χ2v) is 9.75. The topological polar surface area (TPSA) is 9.23 Å². The zero-order valence-corrected chi connectivity index (χ0v) is 20.0. The largest absolute Gasteiger partial charge is 0.378 e. The summed E-state index contributed by atoms with van der Waals surface area (Å²) in [5, 5.41) is 2.85. The van der Waals surface area contributed by atoms with Crippen molar-refractivity contribution >= 4 is 101 Å². The zero-order chi connectivity index (χ0) is 18.7. The Morgan fingerprint density at radius 1 is 0.640 bits per heavy atom. The van der Waals surface area contributed by atoms with E-state index < -0.39 is 0 Å². The number of halogens is 8. The van der Waals surface area contributed by atoms with Crippen molar-refractivity contribution in [1.29, 1.82) is 0 Å². The summed E-state index contributed by atoms with van der Waals surface area (Å²) in [6.45, 7) is 0.679. The highest BCUT2D eigenvalue weighted by Gasteiger charge is 2.20. The van der Waals surface area contributed by atoms with Crippen molar-refractivity contribution in [2.75, 3.05) is 13.2 Å². The van der Waals surface area contributed by atoms with Gasteiger partial charge >= 0.3 is 0 Å². The van der Waals surface area contributed by atoms with Crippen LogP contribution in [0.15, 0.2) is 24.3 Å². The molecule has 0 heterocycles. The molecule has 0 aliphatic heterocycles. The molecule has 0 saturated carbocycles. The van der Waals surface area contributed by atoms with Gasteiger partial charge in [-0.2, -0.15) is 0 Å². The van der Waals surface area contributed by atoms with Gasteiger partial charge in [0.25, 0.3) is 0 Å². The Bertz CT molecular complexity index is 661. The second-order valence-electron chi connectivity index (χ2n) is 5.04. The molecule has 0 aliphatic carbocycles. The van der Waals surface area contributed by atoms with Gasteiger partial charge in [-0.25, -0.2) is 0 Å². The van der Waals surface area contributed by atoms with Crippen LogP contribution < -0.4 is 0 Å². The predicted molar refractivity (Wildman–Crippen MR) is 117 cm³/mol. The van der Waals surface area contributed by atoms with Gasteiger partial charge in [0.1, 0.15) is 0 Å². The lowest BCUT2D eigenvalue weighted by molar-refractivity contribution is 0.139. The van der Waals surface area contributed by atoms with E-state index in [2.05, 4.69) is 31.9 Å². The molecule has 0 amide bonds. The maximum absolute atomic E-state index is 6.21. The van der Waals surface area contributed by atoms with Gasteiger partial charge in [-0.3, -0.25) is 0 Å². The van der Waals surface area contributed by atoms with Gasteiger partial charge in [0.05, 0.1) is 22.9 Å². The van der Waals surface area contributed by atoms with Crippen molar-refractivity contribution in [1.82, 2.24) is 0 Å². The SMILES string of the molecule is Clc1cc(Cl)c(C(Br)COCC(Br)c2c(Cl)cc(Cl)cc2Cl)c(Cl)c1. The molecule has 1 nitrogen and oxygen atoms in total. The van der Waals surface area contributed by atoms with Crippen LogP contribution in [0.2, 0.25) is 30.1 Å². The Hall–Kier alpha value is 1.10. The number of hydrogen-bond donors (Lipinski definition) is 0. The summed E-state index contributed by atoms with van der Waals surface area (Å²) in [7, 11) is 0. The minimum atomic E-state index is -0.194. The van der Waals surface area contributed by atoms with Crippen molar-refractivity contribution in [2.45, 2.75) is 9.65 Å². The molecular weight excluding hydrogens is 581 g/mol. The Morgan fingerprint density at radius 3 is 1.20 bits per heavy atom. The normalized spacial score (nSPS) is 13.8. The maximum Gasteiger partial charge on any atom is 0.0658 e. The maximum atomic E-state index is 6.21. The fourth-order valence-corrected chi connectivity index (χ4v) is 6.20. The van der Waals surface area contributed by atoms with Crippen LogP contribution in [0.25, 0.3) is 0 Å². The van der Waals surface area contributed by atoms with E-state index in [1.807, 2.05) is 0 Å². The standard InChI is InChI=1S/C16H10Br2Cl6O/c17-9(15-11(21)1-7(19)2-12(15)22)5-25-6-10(18)16-13(23)3-8(20)4-14(16)24/h1-4,9-10H,5-6H2. The Morgan fingerprint density at radius 2 is 0.920 bits per heavy atom. The third-order valence-corrected chi connectivity index (χ3v) is 6.37. The van der Waals surface area contributed by atoms with Crippen LogP contribution in [0.4, 0.5) is 0 Å². The highest BCUT2D eigenvalue weighted by atomic mass is 79.9. The first-order valence-corrected chi connectivity index (χ1v) is 11.0. The predicted octanol–water partition coefficient (Wildman–Crippen LogP) is 9.20. The van der Waals surface area contributed by atoms with E-state index in [1.165, 1.54) is 0 Å². The Labute approximate surface area is 193 Å². The van der Waals surface area contributed by atoms with Crippen molar-refractivity contribution in [2.24, 2.45) is 0 Å². The van der Waals surface area contributed by atoms with Crippen LogP contribution in [0.3, 0.4) is 0 Å². The molecule has 0 saturated heterocycles. The van der Waals surface area contributed by atoms with Crippen LogP contribution >= 0.6 is 101 Å². The molecule has 2 unspecified atom stereocenters. The molecule has 2 aromatic rings. The van der Waals surface area contributed by atoms with Crippen molar-refractivity contribution < 1.29 is 4.74 Å². The monoisotopic (exact) mass is 586 g/mol. The average molecular weight is 591 g/mol. The summed E-state index contributed by atoms with van der Waals surface area (Å²) in [5.41, 5.74) is 1.45. The molecule has 0 bridgehead atoms. The van der Waals surface area contributed by atoms with E-state index in [9.17, 15) is 0 Å². The molecule has 2 rings (SSSR count). The highest BCUT2D eigenvalue weighted by molar-refractivity contribution is 9.09. The summed E-state index contributed by atoms with van der Waals surface area (Å²) in [6.07, 6.45) is 0. The molecular formula is C16H10Br2Cl6O. The number of alkyl halides is 2. The number of ether oxygens (including phenoxy) is 1. The van der Waals surface area contributed by atoms with E-state index >= 15 is 0 Å². The molecule has 136 valence electrons. The quantitative estimate of drug-likeness (QED) is 0.305. The summed E-state index contributed by atoms with van der Waals surface area (Å²) in [5.74, 6) is 0. The summed E-state index contributed by atoms with van der Waals surface area (Å²) in [6, 6.07) is 6.55. The summed E-state index contributed by atoms with van der Waals surface area (Å²) >= 11 is 43.8. The van der Waals surface area contributed by atoms with Crippen molar-refractivity contribution in [3.8, 4) is 0 Å². The molecule has 0 fully saturated rings. The third-order valence-electron chi connectivity index (χ3n) is 3.24. The smallest absolute Gasteiger partial charge is 0.0658 e. The minimum absolute atomic E-state index is 0.194. The second kappa shape index (κ2) is 10.0. The molecule has 9 heteroatoms. The van der Waals surface area contributed by atoms with E-state index in [-0.39, 0.29) is 9.65 Å². The first-order chi connectivity index (χ1) is 11.7. The third kappa shape index (κ3) is 6.04. The van der Waals surface area contributed by atoms with Gasteiger partial charge in [0.2, 0.25) is 0 Å². The van der Waals surface area contributed by atoms with Crippen molar-refractivity contribution in [3.05, 3.63) is 65.5 Å². The van der Waals surface area contributed by atoms with Gasteiger partial charge in [0, 0.05) is 41.3 Å². The van der Waals surface area contributed by atoms with Gasteiger partial charge in [-0.05, 0) is 24.3 Å². The van der Waals surface area contributed by atoms with Gasteiger partial charge < -0.3 is 4.74 Å². The number of benzene rings is 2. The average Bonchev–Trinajstić information content (AvgIpc) is 2.44. The molecule has 0 aliphatic rings. The van der Waals surface area contributed by atoms with Crippen LogP contribution in [0, 0.1) is 0 Å². The molecule has 0 radical (unpaired) electrons. The fourth-order valence-electron chi connectivity index (χ4n) is 2.15. The van der Waals surface area contributed by atoms with E-state index in [0.29, 0.717) is 43.3 Å².